The Bertz CT molecular complexity index is 565. The second kappa shape index (κ2) is 5.40. The summed E-state index contributed by atoms with van der Waals surface area (Å²) in [6, 6.07) is 5.77. The van der Waals surface area contributed by atoms with E-state index in [2.05, 4.69) is 4.98 Å². The first-order valence-electron chi connectivity index (χ1n) is 5.76. The van der Waals surface area contributed by atoms with Gasteiger partial charge in [0.2, 0.25) is 5.91 Å². The monoisotopic (exact) mass is 266 g/mol. The van der Waals surface area contributed by atoms with Gasteiger partial charge in [-0.1, -0.05) is 6.07 Å². The summed E-state index contributed by atoms with van der Waals surface area (Å²) in [5.41, 5.74) is 2.61. The van der Waals surface area contributed by atoms with Gasteiger partial charge in [-0.2, -0.15) is 0 Å². The van der Waals surface area contributed by atoms with Crippen LogP contribution in [0.25, 0.3) is 11.1 Å². The predicted molar refractivity (Wildman–Crippen MR) is 70.6 cm³/mol. The van der Waals surface area contributed by atoms with E-state index in [9.17, 15) is 4.79 Å². The van der Waals surface area contributed by atoms with E-state index >= 15 is 0 Å². The minimum absolute atomic E-state index is 0.0406. The molecule has 5 heteroatoms. The fourth-order valence-corrected chi connectivity index (χ4v) is 1.98. The summed E-state index contributed by atoms with van der Waals surface area (Å²) < 4.78 is 5.46. The molecule has 96 valence electrons. The average molecular weight is 267 g/mol. The van der Waals surface area contributed by atoms with E-state index in [4.69, 9.17) is 16.0 Å². The Balaban J connectivity index is 2.13. The van der Waals surface area contributed by atoms with Crippen molar-refractivity contribution in [1.82, 2.24) is 9.88 Å². The van der Waals surface area contributed by atoms with E-state index in [1.165, 1.54) is 0 Å². The number of carbonyl (C=O) groups is 1. The van der Waals surface area contributed by atoms with Crippen LogP contribution in [-0.4, -0.2) is 28.7 Å². The zero-order valence-electron chi connectivity index (χ0n) is 10.4. The summed E-state index contributed by atoms with van der Waals surface area (Å²) in [6.45, 7) is 2.36. The quantitative estimate of drug-likeness (QED) is 0.800. The Labute approximate surface area is 111 Å². The van der Waals surface area contributed by atoms with Gasteiger partial charge >= 0.3 is 0 Å². The molecule has 0 spiro atoms. The van der Waals surface area contributed by atoms with Crippen LogP contribution in [0.2, 0.25) is 0 Å². The van der Waals surface area contributed by atoms with Crippen molar-refractivity contribution in [2.75, 3.05) is 12.9 Å². The van der Waals surface area contributed by atoms with Gasteiger partial charge in [-0.25, -0.2) is 4.98 Å². The maximum Gasteiger partial charge on any atom is 0.223 e. The minimum Gasteiger partial charge on any atom is -0.441 e. The van der Waals surface area contributed by atoms with Crippen molar-refractivity contribution >= 4 is 28.6 Å². The molecule has 4 nitrogen and oxygen atoms in total. The summed E-state index contributed by atoms with van der Waals surface area (Å²) >= 11 is 5.55. The number of hydrogen-bond donors (Lipinski definition) is 0. The molecule has 0 N–H and O–H groups in total. The lowest BCUT2D eigenvalue weighted by Gasteiger charge is -2.16. The molecule has 0 atom stereocenters. The number of hydrogen-bond acceptors (Lipinski definition) is 3. The van der Waals surface area contributed by atoms with Gasteiger partial charge in [-0.05, 0) is 17.7 Å². The van der Waals surface area contributed by atoms with Gasteiger partial charge in [-0.15, -0.1) is 11.6 Å². The first-order valence-corrected chi connectivity index (χ1v) is 6.29. The molecule has 0 aliphatic carbocycles. The number of alkyl halides is 1. The fraction of sp³-hybridized carbons (Fsp3) is 0.385. The van der Waals surface area contributed by atoms with Crippen LogP contribution >= 0.6 is 11.6 Å². The average Bonchev–Trinajstić information content (AvgIpc) is 2.68. The molecule has 2 aromatic rings. The molecule has 0 saturated carbocycles. The van der Waals surface area contributed by atoms with E-state index in [1.54, 1.807) is 11.9 Å². The number of nitrogens with zero attached hydrogens (tertiary/aromatic N) is 2. The summed E-state index contributed by atoms with van der Waals surface area (Å²) in [5.74, 6) is 1.04. The Morgan fingerprint density at radius 2 is 2.28 bits per heavy atom. The molecule has 0 unspecified atom stereocenters. The number of halogens is 1. The molecule has 0 radical (unpaired) electrons. The van der Waals surface area contributed by atoms with E-state index in [1.807, 2.05) is 25.1 Å². The molecule has 18 heavy (non-hydrogen) atoms. The van der Waals surface area contributed by atoms with Crippen molar-refractivity contribution in [2.45, 2.75) is 19.9 Å². The summed E-state index contributed by atoms with van der Waals surface area (Å²) in [7, 11) is 1.77. The fourth-order valence-electron chi connectivity index (χ4n) is 1.82. The maximum absolute atomic E-state index is 11.6. The zero-order chi connectivity index (χ0) is 13.1. The topological polar surface area (TPSA) is 46.3 Å². The van der Waals surface area contributed by atoms with E-state index in [0.717, 1.165) is 16.7 Å². The molecule has 0 saturated heterocycles. The molecule has 0 aliphatic rings. The number of oxazole rings is 1. The van der Waals surface area contributed by atoms with Crippen molar-refractivity contribution in [3.8, 4) is 0 Å². The maximum atomic E-state index is 11.6. The first kappa shape index (κ1) is 12.9. The molecule has 0 fully saturated rings. The van der Waals surface area contributed by atoms with Crippen molar-refractivity contribution < 1.29 is 9.21 Å². The smallest absolute Gasteiger partial charge is 0.223 e. The van der Waals surface area contributed by atoms with Gasteiger partial charge < -0.3 is 9.32 Å². The molecule has 1 amide bonds. The van der Waals surface area contributed by atoms with Gasteiger partial charge in [0.05, 0.1) is 0 Å². The third-order valence-electron chi connectivity index (χ3n) is 2.71. The molecule has 0 bridgehead atoms. The third-order valence-corrected chi connectivity index (χ3v) is 2.90. The van der Waals surface area contributed by atoms with Crippen molar-refractivity contribution in [3.63, 3.8) is 0 Å². The van der Waals surface area contributed by atoms with Crippen molar-refractivity contribution in [2.24, 2.45) is 0 Å². The summed E-state index contributed by atoms with van der Waals surface area (Å²) in [5, 5.41) is 0. The molecule has 1 heterocycles. The van der Waals surface area contributed by atoms with Crippen molar-refractivity contribution in [3.05, 3.63) is 29.7 Å². The van der Waals surface area contributed by atoms with Crippen LogP contribution in [-0.2, 0) is 11.3 Å². The van der Waals surface area contributed by atoms with Gasteiger partial charge in [0.25, 0.3) is 0 Å². The SMILES string of the molecule is Cc1nc2ccc(CN(C)C(=O)CCCl)cc2o1. The number of aromatic nitrogens is 1. The molecule has 2 rings (SSSR count). The van der Waals surface area contributed by atoms with Crippen LogP contribution in [0.5, 0.6) is 0 Å². The number of carbonyl (C=O) groups excluding carboxylic acids is 1. The van der Waals surface area contributed by atoms with E-state index in [-0.39, 0.29) is 5.91 Å². The largest absolute Gasteiger partial charge is 0.441 e. The highest BCUT2D eigenvalue weighted by atomic mass is 35.5. The number of amides is 1. The minimum atomic E-state index is 0.0406. The normalized spacial score (nSPS) is 10.8. The van der Waals surface area contributed by atoms with Crippen LogP contribution < -0.4 is 0 Å². The lowest BCUT2D eigenvalue weighted by Crippen LogP contribution is -2.26. The first-order chi connectivity index (χ1) is 8.60. The number of aryl methyl sites for hydroxylation is 1. The number of fused-ring (bicyclic) bond motifs is 1. The second-order valence-electron chi connectivity index (χ2n) is 4.22. The molecule has 0 aliphatic heterocycles. The van der Waals surface area contributed by atoms with Gasteiger partial charge in [0.15, 0.2) is 11.5 Å². The van der Waals surface area contributed by atoms with Crippen LogP contribution in [0.3, 0.4) is 0 Å². The van der Waals surface area contributed by atoms with Gasteiger partial charge in [0, 0.05) is 32.8 Å². The van der Waals surface area contributed by atoms with Crippen LogP contribution in [0.4, 0.5) is 0 Å². The Hall–Kier alpha value is -1.55. The van der Waals surface area contributed by atoms with E-state index < -0.39 is 0 Å². The highest BCUT2D eigenvalue weighted by Crippen LogP contribution is 2.17. The van der Waals surface area contributed by atoms with Crippen molar-refractivity contribution in [1.29, 1.82) is 0 Å². The van der Waals surface area contributed by atoms with E-state index in [0.29, 0.717) is 24.7 Å². The van der Waals surface area contributed by atoms with Gasteiger partial charge in [-0.3, -0.25) is 4.79 Å². The highest BCUT2D eigenvalue weighted by Gasteiger charge is 2.10. The Kier molecular flexibility index (Phi) is 3.87. The Morgan fingerprint density at radius 3 is 3.00 bits per heavy atom. The third kappa shape index (κ3) is 2.82. The zero-order valence-corrected chi connectivity index (χ0v) is 11.2. The Morgan fingerprint density at radius 1 is 1.50 bits per heavy atom. The molecule has 1 aromatic carbocycles. The lowest BCUT2D eigenvalue weighted by atomic mass is 10.2. The standard InChI is InChI=1S/C13H15ClN2O2/c1-9-15-11-4-3-10(7-12(11)18-9)8-16(2)13(17)5-6-14/h3-4,7H,5-6,8H2,1-2H3. The summed E-state index contributed by atoms with van der Waals surface area (Å²) in [6.07, 6.45) is 0.363. The number of rotatable bonds is 4. The van der Waals surface area contributed by atoms with Crippen LogP contribution in [0, 0.1) is 6.92 Å². The predicted octanol–water partition coefficient (Wildman–Crippen LogP) is 2.72. The summed E-state index contributed by atoms with van der Waals surface area (Å²) in [4.78, 5) is 17.5. The molecular weight excluding hydrogens is 252 g/mol. The lowest BCUT2D eigenvalue weighted by molar-refractivity contribution is -0.129. The molecule has 1 aromatic heterocycles. The highest BCUT2D eigenvalue weighted by molar-refractivity contribution is 6.18. The second-order valence-corrected chi connectivity index (χ2v) is 4.60. The molecular formula is C13H15ClN2O2. The van der Waals surface area contributed by atoms with Crippen LogP contribution in [0.1, 0.15) is 17.9 Å². The number of benzene rings is 1. The van der Waals surface area contributed by atoms with Crippen LogP contribution in [0.15, 0.2) is 22.6 Å². The van der Waals surface area contributed by atoms with Gasteiger partial charge in [0.1, 0.15) is 5.52 Å².